The smallest absolute Gasteiger partial charge is 0.269 e. The fraction of sp³-hybridized carbons (Fsp3) is 0.462. The highest BCUT2D eigenvalue weighted by molar-refractivity contribution is 7.90. The van der Waals surface area contributed by atoms with Crippen LogP contribution in [0, 0.1) is 6.92 Å². The van der Waals surface area contributed by atoms with Crippen LogP contribution in [0.2, 0.25) is 0 Å². The molecule has 2 saturated carbocycles. The number of aromatic nitrogens is 4. The van der Waals surface area contributed by atoms with Gasteiger partial charge in [-0.1, -0.05) is 24.6 Å². The summed E-state index contributed by atoms with van der Waals surface area (Å²) in [6.45, 7) is 6.06. The second-order valence-electron chi connectivity index (χ2n) is 11.2. The lowest BCUT2D eigenvalue weighted by atomic mass is 9.69. The maximum Gasteiger partial charge on any atom is 0.269 e. The highest BCUT2D eigenvalue weighted by atomic mass is 32.2. The standard InChI is InChI=1S/C26H31N5O4S2/c1-18-4-6-21(7-5-18)37(34,35)30-15-10-22-23(30)27-16-19-17-28-24(31(19)22)25(2)11-13-26(3,14-12-25)29-36(32,33)20-8-9-20/h4-7,10,15-17,20,29H,8-9,11-14H2,1-3H3. The number of aryl methyl sites for hydroxylation is 1. The van der Waals surface area contributed by atoms with Gasteiger partial charge in [-0.25, -0.2) is 35.5 Å². The number of nitrogens with one attached hydrogen (secondary N) is 1. The van der Waals surface area contributed by atoms with Crippen molar-refractivity contribution in [3.8, 4) is 0 Å². The van der Waals surface area contributed by atoms with E-state index in [0.717, 1.165) is 42.6 Å². The van der Waals surface area contributed by atoms with Gasteiger partial charge in [-0.05, 0) is 70.6 Å². The van der Waals surface area contributed by atoms with Crippen molar-refractivity contribution in [2.24, 2.45) is 0 Å². The van der Waals surface area contributed by atoms with E-state index in [-0.39, 0.29) is 15.6 Å². The van der Waals surface area contributed by atoms with Crippen LogP contribution in [0.25, 0.3) is 16.7 Å². The van der Waals surface area contributed by atoms with E-state index in [4.69, 9.17) is 4.98 Å². The van der Waals surface area contributed by atoms with Crippen molar-refractivity contribution in [2.75, 3.05) is 0 Å². The SMILES string of the molecule is Cc1ccc(S(=O)(=O)n2ccc3c2ncc2cnc(C4(C)CCC(C)(NS(=O)(=O)C5CC5)CC4)n23)cc1. The Hall–Kier alpha value is -2.76. The van der Waals surface area contributed by atoms with E-state index >= 15 is 0 Å². The fourth-order valence-electron chi connectivity index (χ4n) is 5.46. The molecule has 3 aromatic heterocycles. The molecule has 9 nitrogen and oxygen atoms in total. The average molecular weight is 542 g/mol. The zero-order chi connectivity index (χ0) is 26.2. The molecule has 1 aromatic carbocycles. The predicted octanol–water partition coefficient (Wildman–Crippen LogP) is 3.90. The lowest BCUT2D eigenvalue weighted by Crippen LogP contribution is -2.51. The molecule has 37 heavy (non-hydrogen) atoms. The maximum absolute atomic E-state index is 13.4. The number of fused-ring (bicyclic) bond motifs is 3. The second-order valence-corrected chi connectivity index (χ2v) is 15.0. The van der Waals surface area contributed by atoms with Gasteiger partial charge in [0.1, 0.15) is 5.82 Å². The molecule has 11 heteroatoms. The Morgan fingerprint density at radius 3 is 2.22 bits per heavy atom. The third kappa shape index (κ3) is 4.07. The molecule has 2 fully saturated rings. The zero-order valence-electron chi connectivity index (χ0n) is 21.2. The van der Waals surface area contributed by atoms with Crippen molar-refractivity contribution in [1.82, 2.24) is 23.1 Å². The van der Waals surface area contributed by atoms with Crippen LogP contribution in [0.5, 0.6) is 0 Å². The molecule has 4 aromatic rings. The third-order valence-corrected chi connectivity index (χ3v) is 11.9. The van der Waals surface area contributed by atoms with Gasteiger partial charge in [0.25, 0.3) is 10.0 Å². The summed E-state index contributed by atoms with van der Waals surface area (Å²) in [5.74, 6) is 0.840. The van der Waals surface area contributed by atoms with Crippen molar-refractivity contribution < 1.29 is 16.8 Å². The van der Waals surface area contributed by atoms with E-state index in [1.54, 1.807) is 48.9 Å². The molecule has 2 aliphatic carbocycles. The summed E-state index contributed by atoms with van der Waals surface area (Å²) in [4.78, 5) is 9.46. The van der Waals surface area contributed by atoms with Crippen molar-refractivity contribution in [2.45, 2.75) is 80.4 Å². The third-order valence-electron chi connectivity index (χ3n) is 8.08. The van der Waals surface area contributed by atoms with E-state index in [1.165, 1.54) is 3.97 Å². The first-order valence-corrected chi connectivity index (χ1v) is 15.6. The van der Waals surface area contributed by atoms with Gasteiger partial charge in [0, 0.05) is 17.2 Å². The first kappa shape index (κ1) is 24.6. The number of hydrogen-bond donors (Lipinski definition) is 1. The molecule has 0 aliphatic heterocycles. The zero-order valence-corrected chi connectivity index (χ0v) is 22.8. The second kappa shape index (κ2) is 8.12. The van der Waals surface area contributed by atoms with Crippen LogP contribution >= 0.6 is 0 Å². The molecule has 0 bridgehead atoms. The van der Waals surface area contributed by atoms with E-state index in [1.807, 2.05) is 18.2 Å². The van der Waals surface area contributed by atoms with Gasteiger partial charge >= 0.3 is 0 Å². The van der Waals surface area contributed by atoms with Gasteiger partial charge in [0.2, 0.25) is 10.0 Å². The first-order valence-electron chi connectivity index (χ1n) is 12.6. The van der Waals surface area contributed by atoms with Gasteiger partial charge in [-0.2, -0.15) is 0 Å². The molecule has 6 rings (SSSR count). The van der Waals surface area contributed by atoms with Crippen LogP contribution < -0.4 is 4.72 Å². The summed E-state index contributed by atoms with van der Waals surface area (Å²) in [5.41, 5.74) is 2.01. The minimum absolute atomic E-state index is 0.204. The van der Waals surface area contributed by atoms with Crippen molar-refractivity contribution in [3.63, 3.8) is 0 Å². The molecule has 0 atom stereocenters. The summed E-state index contributed by atoms with van der Waals surface area (Å²) in [7, 11) is -7.10. The average Bonchev–Trinajstić information content (AvgIpc) is 3.48. The highest BCUT2D eigenvalue weighted by Crippen LogP contribution is 2.44. The number of rotatable bonds is 6. The van der Waals surface area contributed by atoms with Crippen LogP contribution in [0.15, 0.2) is 53.8 Å². The lowest BCUT2D eigenvalue weighted by Gasteiger charge is -2.42. The normalized spacial score (nSPS) is 25.2. The van der Waals surface area contributed by atoms with Crippen LogP contribution in [0.1, 0.15) is 63.8 Å². The largest absolute Gasteiger partial charge is 0.291 e. The Bertz CT molecular complexity index is 1720. The fourth-order valence-corrected chi connectivity index (χ4v) is 8.57. The quantitative estimate of drug-likeness (QED) is 0.396. The summed E-state index contributed by atoms with van der Waals surface area (Å²) in [5, 5.41) is -0.241. The Morgan fingerprint density at radius 2 is 1.57 bits per heavy atom. The molecule has 0 radical (unpaired) electrons. The molecule has 3 heterocycles. The number of sulfonamides is 1. The topological polar surface area (TPSA) is 115 Å². The molecule has 2 aliphatic rings. The Morgan fingerprint density at radius 1 is 0.919 bits per heavy atom. The van der Waals surface area contributed by atoms with E-state index in [0.29, 0.717) is 24.0 Å². The number of hydrogen-bond acceptors (Lipinski definition) is 6. The van der Waals surface area contributed by atoms with Crippen LogP contribution in [-0.4, -0.2) is 46.0 Å². The van der Waals surface area contributed by atoms with Crippen molar-refractivity contribution in [3.05, 3.63) is 60.3 Å². The molecule has 0 spiro atoms. The number of imidazole rings is 1. The number of benzene rings is 1. The van der Waals surface area contributed by atoms with Crippen molar-refractivity contribution >= 4 is 36.7 Å². The van der Waals surface area contributed by atoms with Gasteiger partial charge in [-0.15, -0.1) is 0 Å². The molecule has 196 valence electrons. The Labute approximate surface area is 217 Å². The van der Waals surface area contributed by atoms with Gasteiger partial charge in [0.15, 0.2) is 5.65 Å². The minimum Gasteiger partial charge on any atom is -0.291 e. The Balaban J connectivity index is 1.36. The first-order chi connectivity index (χ1) is 17.4. The maximum atomic E-state index is 13.4. The number of nitrogens with zero attached hydrogens (tertiary/aromatic N) is 4. The summed E-state index contributed by atoms with van der Waals surface area (Å²) in [6.07, 6.45) is 9.34. The van der Waals surface area contributed by atoms with E-state index < -0.39 is 25.6 Å². The Kier molecular flexibility index (Phi) is 5.39. The molecule has 0 saturated heterocycles. The van der Waals surface area contributed by atoms with Crippen molar-refractivity contribution in [1.29, 1.82) is 0 Å². The summed E-state index contributed by atoms with van der Waals surface area (Å²) in [6, 6.07) is 8.54. The van der Waals surface area contributed by atoms with Crippen LogP contribution in [-0.2, 0) is 25.5 Å². The van der Waals surface area contributed by atoms with Gasteiger partial charge < -0.3 is 0 Å². The highest BCUT2D eigenvalue weighted by Gasteiger charge is 2.45. The monoisotopic (exact) mass is 541 g/mol. The molecular formula is C26H31N5O4S2. The predicted molar refractivity (Wildman–Crippen MR) is 142 cm³/mol. The summed E-state index contributed by atoms with van der Waals surface area (Å²) >= 11 is 0. The minimum atomic E-state index is -3.82. The van der Waals surface area contributed by atoms with Crippen LogP contribution in [0.3, 0.4) is 0 Å². The lowest BCUT2D eigenvalue weighted by molar-refractivity contribution is 0.204. The van der Waals surface area contributed by atoms with Gasteiger partial charge in [-0.3, -0.25) is 4.40 Å². The van der Waals surface area contributed by atoms with E-state index in [2.05, 4.69) is 16.6 Å². The molecule has 0 amide bonds. The van der Waals surface area contributed by atoms with E-state index in [9.17, 15) is 16.8 Å². The molecular weight excluding hydrogens is 510 g/mol. The van der Waals surface area contributed by atoms with Gasteiger partial charge in [0.05, 0.1) is 33.6 Å². The van der Waals surface area contributed by atoms with Crippen LogP contribution in [0.4, 0.5) is 0 Å². The molecule has 1 N–H and O–H groups in total. The summed E-state index contributed by atoms with van der Waals surface area (Å²) < 4.78 is 58.2. The molecule has 0 unspecified atom stereocenters.